The van der Waals surface area contributed by atoms with Crippen LogP contribution in [0.4, 0.5) is 0 Å². The Morgan fingerprint density at radius 1 is 1.19 bits per heavy atom. The van der Waals surface area contributed by atoms with Crippen LogP contribution in [0.15, 0.2) is 29.3 Å². The number of nitrogens with one attached hydrogen (secondary N) is 1. The van der Waals surface area contributed by atoms with Gasteiger partial charge in [-0.1, -0.05) is 13.3 Å². The Labute approximate surface area is 144 Å². The number of ether oxygens (including phenoxy) is 2. The van der Waals surface area contributed by atoms with Crippen LogP contribution >= 0.6 is 24.0 Å². The normalized spacial score (nSPS) is 10.7. The Bertz CT molecular complexity index is 396. The lowest BCUT2D eigenvalue weighted by atomic mass is 10.3. The highest BCUT2D eigenvalue weighted by Crippen LogP contribution is 2.16. The Morgan fingerprint density at radius 3 is 2.48 bits per heavy atom. The Kier molecular flexibility index (Phi) is 11.8. The van der Waals surface area contributed by atoms with E-state index in [-0.39, 0.29) is 24.0 Å². The number of aliphatic imine (C=N–C) groups is 1. The molecule has 0 heterocycles. The third-order valence-electron chi connectivity index (χ3n) is 2.75. The minimum atomic E-state index is 0. The lowest BCUT2D eigenvalue weighted by molar-refractivity contribution is 0.312. The van der Waals surface area contributed by atoms with Gasteiger partial charge in [0.2, 0.25) is 0 Å². The zero-order chi connectivity index (χ0) is 14.6. The number of methoxy groups -OCH3 is 1. The summed E-state index contributed by atoms with van der Waals surface area (Å²) in [5, 5.41) is 3.08. The Morgan fingerprint density at radius 2 is 1.86 bits per heavy atom. The van der Waals surface area contributed by atoms with Gasteiger partial charge in [0, 0.05) is 19.5 Å². The molecule has 6 heteroatoms. The first-order valence-electron chi connectivity index (χ1n) is 7.07. The minimum Gasteiger partial charge on any atom is -0.497 e. The number of benzene rings is 1. The van der Waals surface area contributed by atoms with Crippen LogP contribution < -0.4 is 20.5 Å². The number of hydrogen-bond donors (Lipinski definition) is 2. The molecule has 0 radical (unpaired) electrons. The van der Waals surface area contributed by atoms with Crippen LogP contribution in [0.2, 0.25) is 0 Å². The van der Waals surface area contributed by atoms with E-state index in [1.807, 2.05) is 24.3 Å². The summed E-state index contributed by atoms with van der Waals surface area (Å²) in [7, 11) is 1.65. The van der Waals surface area contributed by atoms with Crippen LogP contribution in [0.1, 0.15) is 26.2 Å². The fourth-order valence-corrected chi connectivity index (χ4v) is 1.58. The number of unbranched alkanes of at least 4 members (excludes halogenated alkanes) is 1. The van der Waals surface area contributed by atoms with E-state index in [9.17, 15) is 0 Å². The van der Waals surface area contributed by atoms with E-state index in [1.165, 1.54) is 0 Å². The van der Waals surface area contributed by atoms with Gasteiger partial charge >= 0.3 is 0 Å². The first-order chi connectivity index (χ1) is 9.76. The molecule has 0 spiro atoms. The molecule has 0 aliphatic rings. The van der Waals surface area contributed by atoms with E-state index in [4.69, 9.17) is 15.2 Å². The SMILES string of the molecule is CCCCNC(N)=NCCCOc1ccc(OC)cc1.I. The maximum Gasteiger partial charge on any atom is 0.188 e. The fourth-order valence-electron chi connectivity index (χ4n) is 1.58. The van der Waals surface area contributed by atoms with Crippen LogP contribution in [0.25, 0.3) is 0 Å². The standard InChI is InChI=1S/C15H25N3O2.HI/c1-3-4-10-17-15(16)18-11-5-12-20-14-8-6-13(19-2)7-9-14;/h6-9H,3-5,10-12H2,1-2H3,(H3,16,17,18);1H. The van der Waals surface area contributed by atoms with Crippen LogP contribution in [0.3, 0.4) is 0 Å². The molecule has 0 amide bonds. The van der Waals surface area contributed by atoms with Gasteiger partial charge in [0.05, 0.1) is 13.7 Å². The molecule has 1 rings (SSSR count). The average Bonchev–Trinajstić information content (AvgIpc) is 2.48. The Hall–Kier alpha value is -1.18. The highest BCUT2D eigenvalue weighted by molar-refractivity contribution is 14.0. The maximum atomic E-state index is 5.72. The van der Waals surface area contributed by atoms with E-state index in [2.05, 4.69) is 17.2 Å². The van der Waals surface area contributed by atoms with Crippen LogP contribution in [-0.2, 0) is 0 Å². The lowest BCUT2D eigenvalue weighted by Crippen LogP contribution is -2.32. The van der Waals surface area contributed by atoms with Crippen molar-refractivity contribution < 1.29 is 9.47 Å². The number of nitrogens with zero attached hydrogens (tertiary/aromatic N) is 1. The summed E-state index contributed by atoms with van der Waals surface area (Å²) in [6.45, 7) is 4.32. The van der Waals surface area contributed by atoms with Crippen LogP contribution in [0.5, 0.6) is 11.5 Å². The molecule has 0 unspecified atom stereocenters. The van der Waals surface area contributed by atoms with Gasteiger partial charge in [-0.05, 0) is 30.7 Å². The summed E-state index contributed by atoms with van der Waals surface area (Å²) in [6.07, 6.45) is 3.09. The van der Waals surface area contributed by atoms with Gasteiger partial charge in [0.15, 0.2) is 5.96 Å². The second-order valence-corrected chi connectivity index (χ2v) is 4.42. The summed E-state index contributed by atoms with van der Waals surface area (Å²) in [5.74, 6) is 2.18. The van der Waals surface area contributed by atoms with Crippen molar-refractivity contribution in [2.75, 3.05) is 26.8 Å². The van der Waals surface area contributed by atoms with E-state index in [0.29, 0.717) is 19.1 Å². The first kappa shape index (κ1) is 19.8. The van der Waals surface area contributed by atoms with Crippen molar-refractivity contribution in [1.29, 1.82) is 0 Å². The summed E-state index contributed by atoms with van der Waals surface area (Å²) in [6, 6.07) is 7.54. The second kappa shape index (κ2) is 12.6. The second-order valence-electron chi connectivity index (χ2n) is 4.42. The molecule has 0 saturated carbocycles. The maximum absolute atomic E-state index is 5.72. The molecule has 3 N–H and O–H groups in total. The van der Waals surface area contributed by atoms with Crippen LogP contribution in [0, 0.1) is 0 Å². The lowest BCUT2D eigenvalue weighted by Gasteiger charge is -2.07. The zero-order valence-electron chi connectivity index (χ0n) is 12.8. The molecule has 0 fully saturated rings. The molecule has 0 bridgehead atoms. The average molecular weight is 407 g/mol. The van der Waals surface area contributed by atoms with Crippen molar-refractivity contribution in [2.45, 2.75) is 26.2 Å². The Balaban J connectivity index is 0.00000400. The summed E-state index contributed by atoms with van der Waals surface area (Å²) >= 11 is 0. The summed E-state index contributed by atoms with van der Waals surface area (Å²) in [5.41, 5.74) is 5.72. The van der Waals surface area contributed by atoms with Gasteiger partial charge in [-0.3, -0.25) is 4.99 Å². The van der Waals surface area contributed by atoms with Gasteiger partial charge < -0.3 is 20.5 Å². The van der Waals surface area contributed by atoms with Crippen molar-refractivity contribution in [3.05, 3.63) is 24.3 Å². The molecular weight excluding hydrogens is 381 g/mol. The number of nitrogens with two attached hydrogens (primary N) is 1. The van der Waals surface area contributed by atoms with E-state index in [1.54, 1.807) is 7.11 Å². The largest absolute Gasteiger partial charge is 0.497 e. The third kappa shape index (κ3) is 9.38. The van der Waals surface area contributed by atoms with Gasteiger partial charge in [-0.15, -0.1) is 24.0 Å². The van der Waals surface area contributed by atoms with Gasteiger partial charge in [0.1, 0.15) is 11.5 Å². The van der Waals surface area contributed by atoms with Crippen LogP contribution in [-0.4, -0.2) is 32.8 Å². The van der Waals surface area contributed by atoms with Gasteiger partial charge in [0.25, 0.3) is 0 Å². The highest BCUT2D eigenvalue weighted by Gasteiger charge is 1.95. The van der Waals surface area contributed by atoms with E-state index >= 15 is 0 Å². The van der Waals surface area contributed by atoms with Crippen molar-refractivity contribution in [2.24, 2.45) is 10.7 Å². The topological polar surface area (TPSA) is 68.9 Å². The van der Waals surface area contributed by atoms with Gasteiger partial charge in [-0.2, -0.15) is 0 Å². The molecular formula is C15H26IN3O2. The van der Waals surface area contributed by atoms with E-state index < -0.39 is 0 Å². The summed E-state index contributed by atoms with van der Waals surface area (Å²) in [4.78, 5) is 4.24. The zero-order valence-corrected chi connectivity index (χ0v) is 15.1. The van der Waals surface area contributed by atoms with E-state index in [0.717, 1.165) is 37.3 Å². The summed E-state index contributed by atoms with van der Waals surface area (Å²) < 4.78 is 10.7. The molecule has 0 aromatic heterocycles. The highest BCUT2D eigenvalue weighted by atomic mass is 127. The quantitative estimate of drug-likeness (QED) is 0.286. The molecule has 120 valence electrons. The smallest absolute Gasteiger partial charge is 0.188 e. The minimum absolute atomic E-state index is 0. The molecule has 0 saturated heterocycles. The van der Waals surface area contributed by atoms with Crippen molar-refractivity contribution in [1.82, 2.24) is 5.32 Å². The fraction of sp³-hybridized carbons (Fsp3) is 0.533. The molecule has 0 aliphatic carbocycles. The number of guanidine groups is 1. The number of halogens is 1. The molecule has 21 heavy (non-hydrogen) atoms. The molecule has 1 aromatic rings. The predicted octanol–water partition coefficient (Wildman–Crippen LogP) is 2.79. The third-order valence-corrected chi connectivity index (χ3v) is 2.75. The predicted molar refractivity (Wildman–Crippen MR) is 97.9 cm³/mol. The number of rotatable bonds is 9. The molecule has 5 nitrogen and oxygen atoms in total. The van der Waals surface area contributed by atoms with Gasteiger partial charge in [-0.25, -0.2) is 0 Å². The molecule has 0 aliphatic heterocycles. The van der Waals surface area contributed by atoms with Crippen molar-refractivity contribution >= 4 is 29.9 Å². The monoisotopic (exact) mass is 407 g/mol. The number of hydrogen-bond acceptors (Lipinski definition) is 3. The van der Waals surface area contributed by atoms with Crippen molar-refractivity contribution in [3.8, 4) is 11.5 Å². The molecule has 0 atom stereocenters. The van der Waals surface area contributed by atoms with Crippen molar-refractivity contribution in [3.63, 3.8) is 0 Å². The molecule has 1 aromatic carbocycles. The first-order valence-corrected chi connectivity index (χ1v) is 7.07.